The number of rotatable bonds is 3. The van der Waals surface area contributed by atoms with Gasteiger partial charge in [0.05, 0.1) is 0 Å². The van der Waals surface area contributed by atoms with Gasteiger partial charge in [0.1, 0.15) is 0 Å². The Morgan fingerprint density at radius 2 is 1.77 bits per heavy atom. The molecule has 2 N–H and O–H groups in total. The molecule has 3 heteroatoms. The van der Waals surface area contributed by atoms with Gasteiger partial charge in [-0.25, -0.2) is 0 Å². The first-order valence-electron chi connectivity index (χ1n) is 4.61. The van der Waals surface area contributed by atoms with Gasteiger partial charge in [0.25, 0.3) is 0 Å². The van der Waals surface area contributed by atoms with E-state index in [1.807, 2.05) is 12.1 Å². The van der Waals surface area contributed by atoms with E-state index in [0.29, 0.717) is 11.4 Å². The third kappa shape index (κ3) is 2.57. The maximum absolute atomic E-state index is 8.87. The molecule has 1 atom stereocenters. The summed E-state index contributed by atoms with van der Waals surface area (Å²) in [6.07, 6.45) is 1.10. The fourth-order valence-corrected chi connectivity index (χ4v) is 1.23. The summed E-state index contributed by atoms with van der Waals surface area (Å²) in [5.41, 5.74) is 1.79. The molecule has 0 saturated heterocycles. The summed E-state index contributed by atoms with van der Waals surface area (Å²) >= 11 is 0. The van der Waals surface area contributed by atoms with E-state index in [-0.39, 0.29) is 0 Å². The standard InChI is InChI=1S/C10H15BO2/c1-3-8(2)9-4-6-10(7-5-9)11(12)13/h4-8,12-13H,3H2,1-2H3/t8-/m1/s1. The predicted octanol–water partition coefficient (Wildman–Crippen LogP) is 0.880. The lowest BCUT2D eigenvalue weighted by atomic mass is 9.79. The van der Waals surface area contributed by atoms with Crippen LogP contribution >= 0.6 is 0 Å². The van der Waals surface area contributed by atoms with Crippen molar-refractivity contribution < 1.29 is 10.0 Å². The van der Waals surface area contributed by atoms with Crippen LogP contribution in [0.2, 0.25) is 0 Å². The Bertz CT molecular complexity index is 256. The third-order valence-electron chi connectivity index (χ3n) is 2.42. The first-order chi connectivity index (χ1) is 6.15. The second kappa shape index (κ2) is 4.44. The summed E-state index contributed by atoms with van der Waals surface area (Å²) in [6, 6.07) is 7.41. The van der Waals surface area contributed by atoms with Gasteiger partial charge in [0.15, 0.2) is 0 Å². The molecule has 0 amide bonds. The van der Waals surface area contributed by atoms with Crippen molar-refractivity contribution in [1.82, 2.24) is 0 Å². The van der Waals surface area contributed by atoms with Crippen LogP contribution in [0.3, 0.4) is 0 Å². The normalized spacial score (nSPS) is 12.6. The van der Waals surface area contributed by atoms with Crippen molar-refractivity contribution in [3.8, 4) is 0 Å². The molecule has 0 unspecified atom stereocenters. The zero-order chi connectivity index (χ0) is 9.84. The Hall–Kier alpha value is -0.795. The largest absolute Gasteiger partial charge is 0.488 e. The van der Waals surface area contributed by atoms with E-state index in [1.165, 1.54) is 5.56 Å². The molecule has 0 aliphatic carbocycles. The van der Waals surface area contributed by atoms with E-state index in [2.05, 4.69) is 13.8 Å². The highest BCUT2D eigenvalue weighted by Gasteiger charge is 2.10. The molecule has 0 spiro atoms. The predicted molar refractivity (Wildman–Crippen MR) is 55.0 cm³/mol. The summed E-state index contributed by atoms with van der Waals surface area (Å²) in [5, 5.41) is 17.7. The number of hydrogen-bond donors (Lipinski definition) is 2. The highest BCUT2D eigenvalue weighted by atomic mass is 16.4. The maximum Gasteiger partial charge on any atom is 0.488 e. The topological polar surface area (TPSA) is 40.5 Å². The molecule has 0 radical (unpaired) electrons. The van der Waals surface area contributed by atoms with E-state index in [1.54, 1.807) is 12.1 Å². The van der Waals surface area contributed by atoms with E-state index >= 15 is 0 Å². The van der Waals surface area contributed by atoms with Crippen LogP contribution in [0.4, 0.5) is 0 Å². The van der Waals surface area contributed by atoms with Gasteiger partial charge in [0.2, 0.25) is 0 Å². The van der Waals surface area contributed by atoms with Crippen LogP contribution in [0.5, 0.6) is 0 Å². The van der Waals surface area contributed by atoms with Crippen molar-refractivity contribution in [2.75, 3.05) is 0 Å². The molecule has 0 aliphatic rings. The molecule has 1 aromatic rings. The second-order valence-electron chi connectivity index (χ2n) is 3.35. The summed E-state index contributed by atoms with van der Waals surface area (Å²) in [6.45, 7) is 4.30. The summed E-state index contributed by atoms with van der Waals surface area (Å²) in [7, 11) is -1.36. The molecular formula is C10H15BO2. The molecule has 0 heterocycles. The maximum atomic E-state index is 8.87. The van der Waals surface area contributed by atoms with Gasteiger partial charge in [-0.2, -0.15) is 0 Å². The lowest BCUT2D eigenvalue weighted by Crippen LogP contribution is -2.29. The van der Waals surface area contributed by atoms with Crippen LogP contribution in [-0.2, 0) is 0 Å². The lowest BCUT2D eigenvalue weighted by molar-refractivity contribution is 0.426. The molecule has 2 nitrogen and oxygen atoms in total. The molecule has 0 saturated carbocycles. The fourth-order valence-electron chi connectivity index (χ4n) is 1.23. The Labute approximate surface area is 79.4 Å². The van der Waals surface area contributed by atoms with Crippen LogP contribution in [0.25, 0.3) is 0 Å². The van der Waals surface area contributed by atoms with Gasteiger partial charge in [-0.3, -0.25) is 0 Å². The molecular weight excluding hydrogens is 163 g/mol. The second-order valence-corrected chi connectivity index (χ2v) is 3.35. The van der Waals surface area contributed by atoms with E-state index in [0.717, 1.165) is 6.42 Å². The molecule has 0 bridgehead atoms. The molecule has 0 fully saturated rings. The van der Waals surface area contributed by atoms with Crippen LogP contribution in [-0.4, -0.2) is 17.2 Å². The van der Waals surface area contributed by atoms with Gasteiger partial charge in [-0.15, -0.1) is 0 Å². The number of hydrogen-bond acceptors (Lipinski definition) is 2. The van der Waals surface area contributed by atoms with Crippen molar-refractivity contribution in [3.05, 3.63) is 29.8 Å². The van der Waals surface area contributed by atoms with Crippen molar-refractivity contribution in [2.24, 2.45) is 0 Å². The molecule has 13 heavy (non-hydrogen) atoms. The SMILES string of the molecule is CC[C@@H](C)c1ccc(B(O)O)cc1. The van der Waals surface area contributed by atoms with Gasteiger partial charge in [0, 0.05) is 0 Å². The highest BCUT2D eigenvalue weighted by Crippen LogP contribution is 2.16. The minimum atomic E-state index is -1.36. The van der Waals surface area contributed by atoms with Crippen LogP contribution in [0.1, 0.15) is 31.7 Å². The molecule has 70 valence electrons. The Morgan fingerprint density at radius 3 is 2.15 bits per heavy atom. The van der Waals surface area contributed by atoms with Gasteiger partial charge in [-0.05, 0) is 23.4 Å². The minimum absolute atomic E-state index is 0.532. The summed E-state index contributed by atoms with van der Waals surface area (Å²) < 4.78 is 0. The Balaban J connectivity index is 2.81. The monoisotopic (exact) mass is 178 g/mol. The smallest absolute Gasteiger partial charge is 0.423 e. The fraction of sp³-hybridized carbons (Fsp3) is 0.400. The highest BCUT2D eigenvalue weighted by molar-refractivity contribution is 6.58. The van der Waals surface area contributed by atoms with Crippen molar-refractivity contribution >= 4 is 12.6 Å². The van der Waals surface area contributed by atoms with Crippen molar-refractivity contribution in [1.29, 1.82) is 0 Å². The third-order valence-corrected chi connectivity index (χ3v) is 2.42. The average Bonchev–Trinajstić information content (AvgIpc) is 2.17. The molecule has 1 aromatic carbocycles. The zero-order valence-electron chi connectivity index (χ0n) is 8.07. The van der Waals surface area contributed by atoms with Crippen molar-refractivity contribution in [3.63, 3.8) is 0 Å². The minimum Gasteiger partial charge on any atom is -0.423 e. The van der Waals surface area contributed by atoms with Gasteiger partial charge >= 0.3 is 7.12 Å². The molecule has 0 aromatic heterocycles. The molecule has 1 rings (SSSR count). The Kier molecular flexibility index (Phi) is 3.52. The van der Waals surface area contributed by atoms with Crippen LogP contribution in [0, 0.1) is 0 Å². The van der Waals surface area contributed by atoms with Crippen LogP contribution in [0.15, 0.2) is 24.3 Å². The van der Waals surface area contributed by atoms with Gasteiger partial charge in [-0.1, -0.05) is 38.1 Å². The van der Waals surface area contributed by atoms with E-state index in [9.17, 15) is 0 Å². The first kappa shape index (κ1) is 10.3. The van der Waals surface area contributed by atoms with Gasteiger partial charge < -0.3 is 10.0 Å². The zero-order valence-corrected chi connectivity index (χ0v) is 8.07. The van der Waals surface area contributed by atoms with E-state index < -0.39 is 7.12 Å². The van der Waals surface area contributed by atoms with Crippen molar-refractivity contribution in [2.45, 2.75) is 26.2 Å². The molecule has 0 aliphatic heterocycles. The van der Waals surface area contributed by atoms with Crippen LogP contribution < -0.4 is 5.46 Å². The Morgan fingerprint density at radius 1 is 1.23 bits per heavy atom. The summed E-state index contributed by atoms with van der Waals surface area (Å²) in [5.74, 6) is 0.532. The lowest BCUT2D eigenvalue weighted by Gasteiger charge is -2.09. The number of benzene rings is 1. The quantitative estimate of drug-likeness (QED) is 0.674. The van der Waals surface area contributed by atoms with E-state index in [4.69, 9.17) is 10.0 Å². The average molecular weight is 178 g/mol. The summed E-state index contributed by atoms with van der Waals surface area (Å²) in [4.78, 5) is 0. The first-order valence-corrected chi connectivity index (χ1v) is 4.61.